The summed E-state index contributed by atoms with van der Waals surface area (Å²) in [5.74, 6) is 0.392. The number of aromatic nitrogens is 2. The van der Waals surface area contributed by atoms with E-state index in [0.717, 1.165) is 12.8 Å². The van der Waals surface area contributed by atoms with Gasteiger partial charge in [0.1, 0.15) is 0 Å². The second-order valence-corrected chi connectivity index (χ2v) is 6.00. The second-order valence-electron chi connectivity index (χ2n) is 4.34. The van der Waals surface area contributed by atoms with Crippen LogP contribution in [0.3, 0.4) is 0 Å². The van der Waals surface area contributed by atoms with Crippen molar-refractivity contribution in [3.05, 3.63) is 12.5 Å². The first-order chi connectivity index (χ1) is 8.06. The normalized spacial score (nSPS) is 18.2. The molecule has 1 aromatic heterocycles. The topological polar surface area (TPSA) is 90.0 Å². The summed E-state index contributed by atoms with van der Waals surface area (Å²) >= 11 is 0. The third kappa shape index (κ3) is 2.85. The highest BCUT2D eigenvalue weighted by Gasteiger charge is 2.33. The molecule has 0 radical (unpaired) electrons. The Labute approximate surface area is 101 Å². The summed E-state index contributed by atoms with van der Waals surface area (Å²) in [6, 6.07) is -0.160. The molecule has 1 fully saturated rings. The molecule has 1 unspecified atom stereocenters. The van der Waals surface area contributed by atoms with Gasteiger partial charge in [-0.2, -0.15) is 0 Å². The van der Waals surface area contributed by atoms with Crippen LogP contribution < -0.4 is 10.5 Å². The minimum Gasteiger partial charge on any atom is -0.336 e. The summed E-state index contributed by atoms with van der Waals surface area (Å²) in [5.41, 5.74) is 5.58. The van der Waals surface area contributed by atoms with E-state index < -0.39 is 10.0 Å². The Bertz CT molecular complexity index is 478. The Hall–Kier alpha value is -0.920. The maximum atomic E-state index is 12.0. The molecule has 3 N–H and O–H groups in total. The molecule has 96 valence electrons. The smallest absolute Gasteiger partial charge is 0.259 e. The molecule has 1 aliphatic rings. The zero-order chi connectivity index (χ0) is 12.5. The Morgan fingerprint density at radius 1 is 1.65 bits per heavy atom. The lowest BCUT2D eigenvalue weighted by Crippen LogP contribution is -2.41. The Kier molecular flexibility index (Phi) is 3.50. The van der Waals surface area contributed by atoms with Crippen molar-refractivity contribution in [2.75, 3.05) is 6.54 Å². The molecular formula is C10H18N4O2S. The summed E-state index contributed by atoms with van der Waals surface area (Å²) in [5, 5.41) is 0.0680. The summed E-state index contributed by atoms with van der Waals surface area (Å²) in [4.78, 5) is 3.90. The van der Waals surface area contributed by atoms with Gasteiger partial charge in [0, 0.05) is 25.3 Å². The Morgan fingerprint density at radius 2 is 2.35 bits per heavy atom. The van der Waals surface area contributed by atoms with Crippen LogP contribution in [0.2, 0.25) is 0 Å². The van der Waals surface area contributed by atoms with Gasteiger partial charge in [-0.05, 0) is 25.7 Å². The minimum absolute atomic E-state index is 0.0680. The van der Waals surface area contributed by atoms with Crippen LogP contribution in [0.4, 0.5) is 0 Å². The van der Waals surface area contributed by atoms with E-state index in [1.807, 2.05) is 6.92 Å². The number of hydrogen-bond donors (Lipinski definition) is 2. The molecule has 1 atom stereocenters. The highest BCUT2D eigenvalue weighted by Crippen LogP contribution is 2.32. The number of aryl methyl sites for hydroxylation is 1. The molecule has 1 aliphatic carbocycles. The first-order valence-electron chi connectivity index (χ1n) is 5.81. The largest absolute Gasteiger partial charge is 0.336 e. The number of nitrogens with two attached hydrogens (primary N) is 1. The SMILES string of the molecule is CCn1cnc(S(=O)(=O)NC(CN)C2CC2)c1. The van der Waals surface area contributed by atoms with Crippen molar-refractivity contribution < 1.29 is 8.42 Å². The van der Waals surface area contributed by atoms with Crippen molar-refractivity contribution >= 4 is 10.0 Å². The quantitative estimate of drug-likeness (QED) is 0.746. The molecule has 0 saturated heterocycles. The van der Waals surface area contributed by atoms with Crippen molar-refractivity contribution in [2.45, 2.75) is 37.4 Å². The van der Waals surface area contributed by atoms with Crippen LogP contribution >= 0.6 is 0 Å². The number of imidazole rings is 1. The van der Waals surface area contributed by atoms with Gasteiger partial charge in [0.25, 0.3) is 10.0 Å². The van der Waals surface area contributed by atoms with Gasteiger partial charge in [0.2, 0.25) is 0 Å². The van der Waals surface area contributed by atoms with E-state index in [1.165, 1.54) is 12.5 Å². The molecule has 0 aliphatic heterocycles. The Balaban J connectivity index is 2.12. The molecule has 2 rings (SSSR count). The van der Waals surface area contributed by atoms with Crippen LogP contribution in [0.15, 0.2) is 17.6 Å². The molecular weight excluding hydrogens is 240 g/mol. The van der Waals surface area contributed by atoms with Gasteiger partial charge < -0.3 is 10.3 Å². The van der Waals surface area contributed by atoms with Gasteiger partial charge in [0.15, 0.2) is 5.03 Å². The van der Waals surface area contributed by atoms with E-state index in [9.17, 15) is 8.42 Å². The third-order valence-corrected chi connectivity index (χ3v) is 4.38. The van der Waals surface area contributed by atoms with Crippen LogP contribution in [0.25, 0.3) is 0 Å². The average molecular weight is 258 g/mol. The molecule has 1 aromatic rings. The molecule has 0 aromatic carbocycles. The molecule has 17 heavy (non-hydrogen) atoms. The van der Waals surface area contributed by atoms with Gasteiger partial charge in [-0.15, -0.1) is 0 Å². The van der Waals surface area contributed by atoms with Crippen LogP contribution in [0.1, 0.15) is 19.8 Å². The van der Waals surface area contributed by atoms with Gasteiger partial charge >= 0.3 is 0 Å². The summed E-state index contributed by atoms with van der Waals surface area (Å²) in [7, 11) is -3.53. The van der Waals surface area contributed by atoms with E-state index in [2.05, 4.69) is 9.71 Å². The maximum Gasteiger partial charge on any atom is 0.259 e. The number of nitrogens with zero attached hydrogens (tertiary/aromatic N) is 2. The lowest BCUT2D eigenvalue weighted by atomic mass is 10.2. The highest BCUT2D eigenvalue weighted by atomic mass is 32.2. The Morgan fingerprint density at radius 3 is 2.82 bits per heavy atom. The molecule has 1 heterocycles. The van der Waals surface area contributed by atoms with E-state index in [1.54, 1.807) is 4.57 Å². The fraction of sp³-hybridized carbons (Fsp3) is 0.700. The first kappa shape index (κ1) is 12.5. The van der Waals surface area contributed by atoms with Crippen LogP contribution in [-0.4, -0.2) is 30.6 Å². The maximum absolute atomic E-state index is 12.0. The van der Waals surface area contributed by atoms with Crippen LogP contribution in [-0.2, 0) is 16.6 Å². The standard InChI is InChI=1S/C10H18N4O2S/c1-2-14-6-10(12-7-14)17(15,16)13-9(5-11)8-3-4-8/h6-9,13H,2-5,11H2,1H3. The molecule has 0 bridgehead atoms. The number of nitrogens with one attached hydrogen (secondary N) is 1. The first-order valence-corrected chi connectivity index (χ1v) is 7.29. The second kappa shape index (κ2) is 4.75. The fourth-order valence-corrected chi connectivity index (χ4v) is 3.01. The summed E-state index contributed by atoms with van der Waals surface area (Å²) in [6.45, 7) is 2.96. The lowest BCUT2D eigenvalue weighted by Gasteiger charge is -2.14. The minimum atomic E-state index is -3.53. The van der Waals surface area contributed by atoms with Crippen molar-refractivity contribution in [1.29, 1.82) is 0 Å². The number of rotatable bonds is 6. The van der Waals surface area contributed by atoms with E-state index in [-0.39, 0.29) is 11.1 Å². The zero-order valence-corrected chi connectivity index (χ0v) is 10.7. The summed E-state index contributed by atoms with van der Waals surface area (Å²) < 4.78 is 28.4. The lowest BCUT2D eigenvalue weighted by molar-refractivity contribution is 0.517. The highest BCUT2D eigenvalue weighted by molar-refractivity contribution is 7.89. The van der Waals surface area contributed by atoms with E-state index >= 15 is 0 Å². The van der Waals surface area contributed by atoms with E-state index in [4.69, 9.17) is 5.73 Å². The van der Waals surface area contributed by atoms with Crippen molar-refractivity contribution in [3.8, 4) is 0 Å². The number of hydrogen-bond acceptors (Lipinski definition) is 4. The van der Waals surface area contributed by atoms with Gasteiger partial charge in [-0.25, -0.2) is 18.1 Å². The molecule has 0 spiro atoms. The fourth-order valence-electron chi connectivity index (χ4n) is 1.75. The van der Waals surface area contributed by atoms with E-state index in [0.29, 0.717) is 19.0 Å². The molecule has 6 nitrogen and oxygen atoms in total. The predicted molar refractivity (Wildman–Crippen MR) is 63.8 cm³/mol. The monoisotopic (exact) mass is 258 g/mol. The summed E-state index contributed by atoms with van der Waals surface area (Å²) in [6.07, 6.45) is 5.15. The van der Waals surface area contributed by atoms with Crippen LogP contribution in [0.5, 0.6) is 0 Å². The number of sulfonamides is 1. The van der Waals surface area contributed by atoms with Crippen molar-refractivity contribution in [2.24, 2.45) is 11.7 Å². The van der Waals surface area contributed by atoms with Gasteiger partial charge in [0.05, 0.1) is 6.33 Å². The van der Waals surface area contributed by atoms with Gasteiger partial charge in [-0.3, -0.25) is 0 Å². The van der Waals surface area contributed by atoms with Crippen molar-refractivity contribution in [3.63, 3.8) is 0 Å². The van der Waals surface area contributed by atoms with Crippen LogP contribution in [0, 0.1) is 5.92 Å². The average Bonchev–Trinajstić information content (AvgIpc) is 3.02. The molecule has 1 saturated carbocycles. The zero-order valence-electron chi connectivity index (χ0n) is 9.83. The molecule has 0 amide bonds. The van der Waals surface area contributed by atoms with Crippen molar-refractivity contribution in [1.82, 2.24) is 14.3 Å². The molecule has 7 heteroatoms. The third-order valence-electron chi connectivity index (χ3n) is 3.00. The predicted octanol–water partition coefficient (Wildman–Crippen LogP) is -0.0814. The van der Waals surface area contributed by atoms with Gasteiger partial charge in [-0.1, -0.05) is 0 Å².